The summed E-state index contributed by atoms with van der Waals surface area (Å²) in [5, 5.41) is 14.8. The number of anilines is 1. The molecule has 0 fully saturated rings. The highest BCUT2D eigenvalue weighted by Crippen LogP contribution is 2.17. The van der Waals surface area contributed by atoms with Gasteiger partial charge in [0.05, 0.1) is 18.3 Å². The Morgan fingerprint density at radius 1 is 1.12 bits per heavy atom. The first-order valence-electron chi connectivity index (χ1n) is 10.2. The smallest absolute Gasteiger partial charge is 0.251 e. The van der Waals surface area contributed by atoms with Crippen LogP contribution >= 0.6 is 0 Å². The third kappa shape index (κ3) is 4.77. The minimum Gasteiger partial charge on any atom is -0.378 e. The van der Waals surface area contributed by atoms with Gasteiger partial charge < -0.3 is 15.2 Å². The third-order valence-corrected chi connectivity index (χ3v) is 5.08. The molecule has 0 aliphatic rings. The molecule has 0 aliphatic heterocycles. The SMILES string of the molecule is Cc1ccc(C(C)NC(=O)c2cccc(NCc3nnc(-c4ccncn4)n3C)c2)nc1. The number of amides is 1. The van der Waals surface area contributed by atoms with Crippen LogP contribution in [0, 0.1) is 6.92 Å². The topological polar surface area (TPSA) is 111 Å². The second kappa shape index (κ2) is 9.34. The van der Waals surface area contributed by atoms with Crippen molar-refractivity contribution in [2.24, 2.45) is 7.05 Å². The van der Waals surface area contributed by atoms with Gasteiger partial charge in [0.2, 0.25) is 0 Å². The Morgan fingerprint density at radius 3 is 2.75 bits per heavy atom. The molecule has 0 bridgehead atoms. The number of rotatable bonds is 7. The number of pyridine rings is 1. The van der Waals surface area contributed by atoms with Crippen LogP contribution in [0.25, 0.3) is 11.5 Å². The minimum absolute atomic E-state index is 0.159. The molecule has 0 radical (unpaired) electrons. The number of nitrogens with one attached hydrogen (secondary N) is 2. The lowest BCUT2D eigenvalue weighted by atomic mass is 10.1. The van der Waals surface area contributed by atoms with Crippen molar-refractivity contribution in [1.82, 2.24) is 35.0 Å². The molecule has 4 rings (SSSR count). The number of nitrogens with zero attached hydrogens (tertiary/aromatic N) is 6. The predicted molar refractivity (Wildman–Crippen MR) is 121 cm³/mol. The summed E-state index contributed by atoms with van der Waals surface area (Å²) < 4.78 is 1.88. The van der Waals surface area contributed by atoms with E-state index in [1.807, 2.05) is 55.8 Å². The molecule has 3 aromatic heterocycles. The minimum atomic E-state index is -0.196. The van der Waals surface area contributed by atoms with E-state index >= 15 is 0 Å². The van der Waals surface area contributed by atoms with Crippen molar-refractivity contribution in [3.8, 4) is 11.5 Å². The maximum Gasteiger partial charge on any atom is 0.251 e. The molecule has 9 nitrogen and oxygen atoms in total. The van der Waals surface area contributed by atoms with Crippen molar-refractivity contribution in [1.29, 1.82) is 0 Å². The molecule has 0 saturated carbocycles. The van der Waals surface area contributed by atoms with E-state index in [4.69, 9.17) is 0 Å². The molecule has 0 saturated heterocycles. The average Bonchev–Trinajstić information content (AvgIpc) is 3.19. The Hall–Kier alpha value is -4.14. The molecule has 1 unspecified atom stereocenters. The van der Waals surface area contributed by atoms with Gasteiger partial charge in [-0.05, 0) is 49.7 Å². The van der Waals surface area contributed by atoms with E-state index < -0.39 is 0 Å². The second-order valence-corrected chi connectivity index (χ2v) is 7.48. The monoisotopic (exact) mass is 428 g/mol. The van der Waals surface area contributed by atoms with Gasteiger partial charge in [0, 0.05) is 30.7 Å². The molecule has 32 heavy (non-hydrogen) atoms. The molecule has 162 valence electrons. The summed E-state index contributed by atoms with van der Waals surface area (Å²) in [6.07, 6.45) is 4.95. The highest BCUT2D eigenvalue weighted by Gasteiger charge is 2.14. The van der Waals surface area contributed by atoms with Crippen LogP contribution in [0.1, 0.15) is 40.4 Å². The first-order valence-corrected chi connectivity index (χ1v) is 10.2. The van der Waals surface area contributed by atoms with Gasteiger partial charge in [-0.25, -0.2) is 9.97 Å². The van der Waals surface area contributed by atoms with Gasteiger partial charge in [0.25, 0.3) is 5.91 Å². The second-order valence-electron chi connectivity index (χ2n) is 7.48. The van der Waals surface area contributed by atoms with Gasteiger partial charge >= 0.3 is 0 Å². The van der Waals surface area contributed by atoms with Crippen LogP contribution in [-0.4, -0.2) is 35.6 Å². The molecule has 3 heterocycles. The van der Waals surface area contributed by atoms with Crippen molar-refractivity contribution in [3.63, 3.8) is 0 Å². The number of aromatic nitrogens is 6. The van der Waals surface area contributed by atoms with E-state index in [1.165, 1.54) is 6.33 Å². The lowest BCUT2D eigenvalue weighted by Gasteiger charge is -2.14. The molecule has 9 heteroatoms. The van der Waals surface area contributed by atoms with E-state index in [-0.39, 0.29) is 11.9 Å². The largest absolute Gasteiger partial charge is 0.378 e. The zero-order valence-electron chi connectivity index (χ0n) is 18.1. The van der Waals surface area contributed by atoms with Crippen LogP contribution in [-0.2, 0) is 13.6 Å². The Bertz CT molecular complexity index is 1200. The van der Waals surface area contributed by atoms with Crippen LogP contribution < -0.4 is 10.6 Å². The van der Waals surface area contributed by atoms with Gasteiger partial charge in [-0.1, -0.05) is 12.1 Å². The van der Waals surface area contributed by atoms with Gasteiger partial charge in [-0.3, -0.25) is 9.78 Å². The molecular formula is C23H24N8O. The Labute approximate surface area is 186 Å². The Balaban J connectivity index is 1.41. The van der Waals surface area contributed by atoms with Crippen LogP contribution in [0.15, 0.2) is 61.2 Å². The van der Waals surface area contributed by atoms with Crippen molar-refractivity contribution >= 4 is 11.6 Å². The quantitative estimate of drug-likeness (QED) is 0.465. The highest BCUT2D eigenvalue weighted by molar-refractivity contribution is 5.95. The fourth-order valence-corrected chi connectivity index (χ4v) is 3.20. The molecule has 2 N–H and O–H groups in total. The number of aryl methyl sites for hydroxylation is 1. The van der Waals surface area contributed by atoms with Crippen LogP contribution in [0.4, 0.5) is 5.69 Å². The van der Waals surface area contributed by atoms with Crippen LogP contribution in [0.5, 0.6) is 0 Å². The number of carbonyl (C=O) groups excluding carboxylic acids is 1. The fraction of sp³-hybridized carbons (Fsp3) is 0.217. The number of hydrogen-bond acceptors (Lipinski definition) is 7. The number of hydrogen-bond donors (Lipinski definition) is 2. The van der Waals surface area contributed by atoms with E-state index in [9.17, 15) is 4.79 Å². The zero-order valence-corrected chi connectivity index (χ0v) is 18.1. The molecule has 0 aliphatic carbocycles. The van der Waals surface area contributed by atoms with Crippen molar-refractivity contribution in [2.75, 3.05) is 5.32 Å². The normalized spacial score (nSPS) is 11.7. The molecule has 1 amide bonds. The summed E-state index contributed by atoms with van der Waals surface area (Å²) in [4.78, 5) is 25.3. The van der Waals surface area contributed by atoms with E-state index in [0.29, 0.717) is 23.6 Å². The van der Waals surface area contributed by atoms with Gasteiger partial charge in [0.1, 0.15) is 12.0 Å². The fourth-order valence-electron chi connectivity index (χ4n) is 3.20. The van der Waals surface area contributed by atoms with E-state index in [1.54, 1.807) is 24.5 Å². The van der Waals surface area contributed by atoms with E-state index in [0.717, 1.165) is 22.8 Å². The average molecular weight is 429 g/mol. The third-order valence-electron chi connectivity index (χ3n) is 5.08. The van der Waals surface area contributed by atoms with Crippen molar-refractivity contribution in [2.45, 2.75) is 26.4 Å². The maximum absolute atomic E-state index is 12.7. The zero-order chi connectivity index (χ0) is 22.5. The Morgan fingerprint density at radius 2 is 2.00 bits per heavy atom. The summed E-state index contributed by atoms with van der Waals surface area (Å²) >= 11 is 0. The standard InChI is InChI=1S/C23H24N8O/c1-15-7-8-19(26-12-15)16(2)28-23(32)17-5-4-6-18(11-17)25-13-21-29-30-22(31(21)3)20-9-10-24-14-27-20/h4-12,14,16,25H,13H2,1-3H3,(H,28,32). The number of benzene rings is 1. The summed E-state index contributed by atoms with van der Waals surface area (Å²) in [6.45, 7) is 4.35. The Kier molecular flexibility index (Phi) is 6.16. The van der Waals surface area contributed by atoms with Gasteiger partial charge in [0.15, 0.2) is 11.6 Å². The van der Waals surface area contributed by atoms with Crippen LogP contribution in [0.3, 0.4) is 0 Å². The highest BCUT2D eigenvalue weighted by atomic mass is 16.1. The molecule has 4 aromatic rings. The van der Waals surface area contributed by atoms with Gasteiger partial charge in [-0.15, -0.1) is 10.2 Å². The lowest BCUT2D eigenvalue weighted by Crippen LogP contribution is -2.27. The lowest BCUT2D eigenvalue weighted by molar-refractivity contribution is 0.0939. The summed E-state index contributed by atoms with van der Waals surface area (Å²) in [6, 6.07) is 12.8. The van der Waals surface area contributed by atoms with Crippen LogP contribution in [0.2, 0.25) is 0 Å². The summed E-state index contributed by atoms with van der Waals surface area (Å²) in [5.74, 6) is 1.25. The molecule has 1 aromatic carbocycles. The molecule has 1 atom stereocenters. The molecule has 0 spiro atoms. The predicted octanol–water partition coefficient (Wildman–Crippen LogP) is 3.08. The molecular weight excluding hydrogens is 404 g/mol. The summed E-state index contributed by atoms with van der Waals surface area (Å²) in [7, 11) is 1.89. The van der Waals surface area contributed by atoms with E-state index in [2.05, 4.69) is 35.8 Å². The first kappa shape index (κ1) is 21.1. The first-order chi connectivity index (χ1) is 15.5. The van der Waals surface area contributed by atoms with Crippen molar-refractivity contribution < 1.29 is 4.79 Å². The van der Waals surface area contributed by atoms with Crippen molar-refractivity contribution in [3.05, 3.63) is 83.8 Å². The maximum atomic E-state index is 12.7. The number of carbonyl (C=O) groups is 1. The van der Waals surface area contributed by atoms with Gasteiger partial charge in [-0.2, -0.15) is 0 Å². The summed E-state index contributed by atoms with van der Waals surface area (Å²) in [5.41, 5.74) is 3.98.